The number of carbonyl (C=O) groups excluding carboxylic acids is 1. The number of aromatic nitrogens is 2. The van der Waals surface area contributed by atoms with Crippen molar-refractivity contribution in [3.8, 4) is 0 Å². The Morgan fingerprint density at radius 1 is 1.04 bits per heavy atom. The van der Waals surface area contributed by atoms with Crippen LogP contribution in [0.5, 0.6) is 0 Å². The Kier molecular flexibility index (Phi) is 5.95. The average molecular weight is 340 g/mol. The number of nitrogens with one attached hydrogen (secondary N) is 2. The van der Waals surface area contributed by atoms with E-state index in [1.165, 1.54) is 19.3 Å². The predicted molar refractivity (Wildman–Crippen MR) is 97.7 cm³/mol. The van der Waals surface area contributed by atoms with Crippen LogP contribution < -0.4 is 10.6 Å². The topological polar surface area (TPSA) is 76.1 Å². The van der Waals surface area contributed by atoms with E-state index in [0.29, 0.717) is 11.5 Å². The van der Waals surface area contributed by atoms with Crippen molar-refractivity contribution in [2.45, 2.75) is 44.2 Å². The van der Waals surface area contributed by atoms with Gasteiger partial charge >= 0.3 is 0 Å². The third kappa shape index (κ3) is 4.76. The minimum Gasteiger partial charge on any atom is -0.379 e. The minimum atomic E-state index is -0.269. The maximum absolute atomic E-state index is 12.2. The normalized spacial score (nSPS) is 20.5. The van der Waals surface area contributed by atoms with E-state index in [1.54, 1.807) is 19.2 Å². The molecular formula is C19H24N4O2. The lowest BCUT2D eigenvalue weighted by atomic mass is 10.1. The van der Waals surface area contributed by atoms with E-state index in [0.717, 1.165) is 18.5 Å². The van der Waals surface area contributed by atoms with E-state index in [-0.39, 0.29) is 18.1 Å². The number of nitrogens with zero attached hydrogens (tertiary/aromatic N) is 2. The fourth-order valence-electron chi connectivity index (χ4n) is 3.16. The molecule has 0 spiro atoms. The highest BCUT2D eigenvalue weighted by Crippen LogP contribution is 2.22. The number of benzene rings is 1. The Hall–Kier alpha value is -2.47. The highest BCUT2D eigenvalue weighted by Gasteiger charge is 2.23. The Labute approximate surface area is 148 Å². The SMILES string of the molecule is CO[C@@H]1CCCCC[C@H]1Nc1ccc(C(=O)Nc2ccccc2)nn1. The summed E-state index contributed by atoms with van der Waals surface area (Å²) in [6, 6.07) is 13.0. The summed E-state index contributed by atoms with van der Waals surface area (Å²) < 4.78 is 5.61. The maximum Gasteiger partial charge on any atom is 0.276 e. The number of hydrogen-bond donors (Lipinski definition) is 2. The van der Waals surface area contributed by atoms with Gasteiger partial charge in [0.05, 0.1) is 12.1 Å². The summed E-state index contributed by atoms with van der Waals surface area (Å²) in [6.07, 6.45) is 5.91. The summed E-state index contributed by atoms with van der Waals surface area (Å²) in [5.41, 5.74) is 1.02. The second-order valence-corrected chi connectivity index (χ2v) is 6.29. The number of methoxy groups -OCH3 is 1. The molecule has 1 fully saturated rings. The van der Waals surface area contributed by atoms with Crippen LogP contribution >= 0.6 is 0 Å². The van der Waals surface area contributed by atoms with Crippen LogP contribution in [0.15, 0.2) is 42.5 Å². The zero-order chi connectivity index (χ0) is 17.5. The fourth-order valence-corrected chi connectivity index (χ4v) is 3.16. The molecule has 2 aromatic rings. The van der Waals surface area contributed by atoms with Gasteiger partial charge in [-0.25, -0.2) is 0 Å². The largest absolute Gasteiger partial charge is 0.379 e. The van der Waals surface area contributed by atoms with Crippen molar-refractivity contribution in [2.24, 2.45) is 0 Å². The summed E-state index contributed by atoms with van der Waals surface area (Å²) in [5, 5.41) is 14.4. The summed E-state index contributed by atoms with van der Waals surface area (Å²) in [5.74, 6) is 0.402. The van der Waals surface area contributed by atoms with E-state index in [9.17, 15) is 4.79 Å². The van der Waals surface area contributed by atoms with Crippen molar-refractivity contribution >= 4 is 17.4 Å². The van der Waals surface area contributed by atoms with Crippen LogP contribution in [-0.4, -0.2) is 35.4 Å². The van der Waals surface area contributed by atoms with Crippen LogP contribution in [0, 0.1) is 0 Å². The molecule has 3 rings (SSSR count). The lowest BCUT2D eigenvalue weighted by Gasteiger charge is -2.25. The molecule has 132 valence electrons. The second-order valence-electron chi connectivity index (χ2n) is 6.29. The standard InChI is InChI=1S/C19H24N4O2/c1-25-17-11-7-3-6-10-15(17)21-18-13-12-16(22-23-18)19(24)20-14-8-4-2-5-9-14/h2,4-5,8-9,12-13,15,17H,3,6-7,10-11H2,1H3,(H,20,24)(H,21,23)/t15-,17-/m1/s1. The number of anilines is 2. The number of ether oxygens (including phenoxy) is 1. The summed E-state index contributed by atoms with van der Waals surface area (Å²) in [6.45, 7) is 0. The van der Waals surface area contributed by atoms with Gasteiger partial charge in [0.2, 0.25) is 0 Å². The molecule has 2 N–H and O–H groups in total. The Morgan fingerprint density at radius 2 is 1.84 bits per heavy atom. The molecule has 1 heterocycles. The van der Waals surface area contributed by atoms with Crippen LogP contribution in [0.25, 0.3) is 0 Å². The molecule has 1 aromatic heterocycles. The van der Waals surface area contributed by atoms with E-state index in [4.69, 9.17) is 4.74 Å². The van der Waals surface area contributed by atoms with Gasteiger partial charge in [0.15, 0.2) is 5.69 Å². The molecule has 25 heavy (non-hydrogen) atoms. The molecule has 1 amide bonds. The number of hydrogen-bond acceptors (Lipinski definition) is 5. The molecule has 2 atom stereocenters. The van der Waals surface area contributed by atoms with E-state index in [1.807, 2.05) is 30.3 Å². The first-order chi connectivity index (χ1) is 12.3. The van der Waals surface area contributed by atoms with Gasteiger partial charge in [-0.2, -0.15) is 0 Å². The monoisotopic (exact) mass is 340 g/mol. The zero-order valence-electron chi connectivity index (χ0n) is 14.4. The van der Waals surface area contributed by atoms with E-state index < -0.39 is 0 Å². The molecule has 0 unspecified atom stereocenters. The Morgan fingerprint density at radius 3 is 2.56 bits per heavy atom. The van der Waals surface area contributed by atoms with Gasteiger partial charge in [-0.3, -0.25) is 4.79 Å². The molecular weight excluding hydrogens is 316 g/mol. The quantitative estimate of drug-likeness (QED) is 0.815. The highest BCUT2D eigenvalue weighted by atomic mass is 16.5. The zero-order valence-corrected chi connectivity index (χ0v) is 14.4. The maximum atomic E-state index is 12.2. The fraction of sp³-hybridized carbons (Fsp3) is 0.421. The predicted octanol–water partition coefficient (Wildman–Crippen LogP) is 3.49. The molecule has 0 radical (unpaired) electrons. The summed E-state index contributed by atoms with van der Waals surface area (Å²) in [7, 11) is 1.76. The lowest BCUT2D eigenvalue weighted by Crippen LogP contribution is -2.34. The number of amides is 1. The molecule has 0 aliphatic heterocycles. The Bertz CT molecular complexity index is 676. The van der Waals surface area contributed by atoms with Gasteiger partial charge in [-0.1, -0.05) is 37.5 Å². The van der Waals surface area contributed by atoms with E-state index >= 15 is 0 Å². The van der Waals surface area contributed by atoms with Crippen LogP contribution in [0.3, 0.4) is 0 Å². The number of carbonyl (C=O) groups is 1. The third-order valence-electron chi connectivity index (χ3n) is 4.52. The van der Waals surface area contributed by atoms with Crippen molar-refractivity contribution < 1.29 is 9.53 Å². The van der Waals surface area contributed by atoms with Crippen molar-refractivity contribution in [2.75, 3.05) is 17.7 Å². The van der Waals surface area contributed by atoms with Crippen molar-refractivity contribution in [1.82, 2.24) is 10.2 Å². The molecule has 0 bridgehead atoms. The molecule has 1 aliphatic carbocycles. The van der Waals surface area contributed by atoms with Gasteiger partial charge in [-0.05, 0) is 37.1 Å². The lowest BCUT2D eigenvalue weighted by molar-refractivity contribution is 0.0805. The number of rotatable bonds is 5. The summed E-state index contributed by atoms with van der Waals surface area (Å²) in [4.78, 5) is 12.2. The number of para-hydroxylation sites is 1. The van der Waals surface area contributed by atoms with Crippen LogP contribution in [0.2, 0.25) is 0 Å². The van der Waals surface area contributed by atoms with E-state index in [2.05, 4.69) is 20.8 Å². The Balaban J connectivity index is 1.62. The molecule has 6 heteroatoms. The van der Waals surface area contributed by atoms with Crippen LogP contribution in [0.1, 0.15) is 42.6 Å². The molecule has 1 aromatic carbocycles. The first-order valence-electron chi connectivity index (χ1n) is 8.76. The highest BCUT2D eigenvalue weighted by molar-refractivity contribution is 6.02. The molecule has 1 saturated carbocycles. The molecule has 1 aliphatic rings. The van der Waals surface area contributed by atoms with Gasteiger partial charge in [0.25, 0.3) is 5.91 Å². The van der Waals surface area contributed by atoms with Gasteiger partial charge in [0.1, 0.15) is 5.82 Å². The molecule has 0 saturated heterocycles. The van der Waals surface area contributed by atoms with Crippen molar-refractivity contribution in [3.05, 3.63) is 48.2 Å². The van der Waals surface area contributed by atoms with Gasteiger partial charge in [-0.15, -0.1) is 10.2 Å². The first-order valence-corrected chi connectivity index (χ1v) is 8.76. The van der Waals surface area contributed by atoms with Gasteiger partial charge < -0.3 is 15.4 Å². The molecule has 6 nitrogen and oxygen atoms in total. The summed E-state index contributed by atoms with van der Waals surface area (Å²) >= 11 is 0. The van der Waals surface area contributed by atoms with Crippen molar-refractivity contribution in [3.63, 3.8) is 0 Å². The van der Waals surface area contributed by atoms with Gasteiger partial charge in [0, 0.05) is 12.8 Å². The van der Waals surface area contributed by atoms with Crippen LogP contribution in [-0.2, 0) is 4.74 Å². The van der Waals surface area contributed by atoms with Crippen molar-refractivity contribution in [1.29, 1.82) is 0 Å². The first kappa shape index (κ1) is 17.4. The minimum absolute atomic E-state index is 0.186. The smallest absolute Gasteiger partial charge is 0.276 e. The second kappa shape index (κ2) is 8.58. The van der Waals surface area contributed by atoms with Crippen LogP contribution in [0.4, 0.5) is 11.5 Å². The average Bonchev–Trinajstić information content (AvgIpc) is 2.88. The third-order valence-corrected chi connectivity index (χ3v) is 4.52.